The molecule has 0 aliphatic rings. The third kappa shape index (κ3) is 33.5. The van der Waals surface area contributed by atoms with Gasteiger partial charge in [0.25, 0.3) is 0 Å². The van der Waals surface area contributed by atoms with E-state index in [2.05, 4.69) is 6.92 Å². The first-order valence-corrected chi connectivity index (χ1v) is 16.7. The Hall–Kier alpha value is -0.460. The van der Waals surface area contributed by atoms with Crippen LogP contribution in [0.5, 0.6) is 0 Å². The van der Waals surface area contributed by atoms with Crippen LogP contribution in [-0.2, 0) is 0 Å². The van der Waals surface area contributed by atoms with Crippen molar-refractivity contribution in [2.75, 3.05) is 0 Å². The second kappa shape index (κ2) is 33.5. The van der Waals surface area contributed by atoms with Gasteiger partial charge in [0.15, 0.2) is 0 Å². The number of hydrogen-bond donors (Lipinski definition) is 1. The highest BCUT2D eigenvalue weighted by Crippen LogP contribution is 2.16. The highest BCUT2D eigenvalue weighted by molar-refractivity contribution is 4.70. The SMILES string of the molecule is CCCCCCCCCCCCCCCCCCCCCCCCCCCCCCCCC=CO. The Morgan fingerprint density at radius 1 is 0.314 bits per heavy atom. The van der Waals surface area contributed by atoms with Crippen molar-refractivity contribution in [1.29, 1.82) is 0 Å². The van der Waals surface area contributed by atoms with Gasteiger partial charge in [-0.1, -0.05) is 199 Å². The van der Waals surface area contributed by atoms with Crippen LogP contribution in [-0.4, -0.2) is 5.11 Å². The number of aliphatic hydroxyl groups excluding tert-OH is 1. The van der Waals surface area contributed by atoms with Crippen LogP contribution in [0.3, 0.4) is 0 Å². The summed E-state index contributed by atoms with van der Waals surface area (Å²) in [5.74, 6) is 0. The zero-order valence-corrected chi connectivity index (χ0v) is 24.5. The zero-order chi connectivity index (χ0) is 25.3. The van der Waals surface area contributed by atoms with Crippen LogP contribution in [0, 0.1) is 0 Å². The predicted molar refractivity (Wildman–Crippen MR) is 161 cm³/mol. The molecule has 0 aromatic heterocycles. The van der Waals surface area contributed by atoms with E-state index in [4.69, 9.17) is 5.11 Å². The Morgan fingerprint density at radius 3 is 0.714 bits per heavy atom. The van der Waals surface area contributed by atoms with Crippen molar-refractivity contribution in [1.82, 2.24) is 0 Å². The average Bonchev–Trinajstić information content (AvgIpc) is 2.87. The molecule has 1 N–H and O–H groups in total. The molecule has 0 aromatic rings. The summed E-state index contributed by atoms with van der Waals surface area (Å²) in [4.78, 5) is 0. The largest absolute Gasteiger partial charge is 0.516 e. The maximum absolute atomic E-state index is 8.59. The van der Waals surface area contributed by atoms with Crippen LogP contribution < -0.4 is 0 Å². The molecule has 0 fully saturated rings. The van der Waals surface area contributed by atoms with Crippen molar-refractivity contribution < 1.29 is 5.11 Å². The van der Waals surface area contributed by atoms with Crippen LogP contribution in [0.4, 0.5) is 0 Å². The molecule has 0 saturated carbocycles. The van der Waals surface area contributed by atoms with Gasteiger partial charge in [-0.25, -0.2) is 0 Å². The van der Waals surface area contributed by atoms with E-state index in [1.165, 1.54) is 199 Å². The van der Waals surface area contributed by atoms with Gasteiger partial charge in [0.1, 0.15) is 0 Å². The van der Waals surface area contributed by atoms with Gasteiger partial charge >= 0.3 is 0 Å². The molecule has 0 unspecified atom stereocenters. The topological polar surface area (TPSA) is 20.2 Å². The third-order valence-corrected chi connectivity index (χ3v) is 7.83. The smallest absolute Gasteiger partial charge is 0.0751 e. The molecule has 0 atom stereocenters. The lowest BCUT2D eigenvalue weighted by molar-refractivity contribution is 0.469. The normalized spacial score (nSPS) is 11.7. The number of unbranched alkanes of at least 4 members (excludes halogenated alkanes) is 30. The highest BCUT2D eigenvalue weighted by atomic mass is 16.2. The number of hydrogen-bond acceptors (Lipinski definition) is 1. The van der Waals surface area contributed by atoms with E-state index >= 15 is 0 Å². The third-order valence-electron chi connectivity index (χ3n) is 7.83. The van der Waals surface area contributed by atoms with Crippen LogP contribution in [0.2, 0.25) is 0 Å². The zero-order valence-electron chi connectivity index (χ0n) is 24.5. The summed E-state index contributed by atoms with van der Waals surface area (Å²) in [6.45, 7) is 2.30. The van der Waals surface area contributed by atoms with Gasteiger partial charge in [-0.3, -0.25) is 0 Å². The lowest BCUT2D eigenvalue weighted by Crippen LogP contribution is -1.85. The minimum atomic E-state index is 1.04. The maximum atomic E-state index is 8.59. The van der Waals surface area contributed by atoms with Crippen LogP contribution >= 0.6 is 0 Å². The molecular weight excluding hydrogens is 424 g/mol. The van der Waals surface area contributed by atoms with Gasteiger partial charge in [0.2, 0.25) is 0 Å². The van der Waals surface area contributed by atoms with Gasteiger partial charge in [-0.15, -0.1) is 0 Å². The molecule has 0 spiro atoms. The molecule has 35 heavy (non-hydrogen) atoms. The fraction of sp³-hybridized carbons (Fsp3) is 0.941. The Morgan fingerprint density at radius 2 is 0.514 bits per heavy atom. The Bertz CT molecular complexity index is 375. The number of rotatable bonds is 31. The maximum Gasteiger partial charge on any atom is 0.0751 e. The minimum absolute atomic E-state index is 1.04. The fourth-order valence-corrected chi connectivity index (χ4v) is 5.36. The predicted octanol–water partition coefficient (Wildman–Crippen LogP) is 13.2. The van der Waals surface area contributed by atoms with E-state index in [1.807, 2.05) is 6.08 Å². The number of aliphatic hydroxyl groups is 1. The van der Waals surface area contributed by atoms with Crippen LogP contribution in [0.1, 0.15) is 206 Å². The van der Waals surface area contributed by atoms with Crippen LogP contribution in [0.25, 0.3) is 0 Å². The van der Waals surface area contributed by atoms with E-state index in [-0.39, 0.29) is 0 Å². The summed E-state index contributed by atoms with van der Waals surface area (Å²) >= 11 is 0. The summed E-state index contributed by atoms with van der Waals surface area (Å²) in [6, 6.07) is 0. The number of allylic oxidation sites excluding steroid dienone is 1. The molecule has 0 radical (unpaired) electrons. The van der Waals surface area contributed by atoms with E-state index in [0.717, 1.165) is 6.42 Å². The molecule has 1 nitrogen and oxygen atoms in total. The fourth-order valence-electron chi connectivity index (χ4n) is 5.36. The van der Waals surface area contributed by atoms with Gasteiger partial charge in [-0.2, -0.15) is 0 Å². The van der Waals surface area contributed by atoms with E-state index in [0.29, 0.717) is 0 Å². The second-order valence-electron chi connectivity index (χ2n) is 11.4. The summed E-state index contributed by atoms with van der Waals surface area (Å²) in [5, 5.41) is 8.59. The Kier molecular flexibility index (Phi) is 33.1. The molecule has 210 valence electrons. The van der Waals surface area contributed by atoms with Crippen molar-refractivity contribution in [2.24, 2.45) is 0 Å². The van der Waals surface area contributed by atoms with Crippen LogP contribution in [0.15, 0.2) is 12.3 Å². The first-order valence-electron chi connectivity index (χ1n) is 16.7. The lowest BCUT2D eigenvalue weighted by atomic mass is 10.0. The molecule has 0 aliphatic heterocycles. The molecule has 1 heteroatoms. The van der Waals surface area contributed by atoms with E-state index in [9.17, 15) is 0 Å². The molecule has 0 rings (SSSR count). The van der Waals surface area contributed by atoms with E-state index < -0.39 is 0 Å². The monoisotopic (exact) mass is 493 g/mol. The minimum Gasteiger partial charge on any atom is -0.516 e. The summed E-state index contributed by atoms with van der Waals surface area (Å²) < 4.78 is 0. The first-order chi connectivity index (χ1) is 17.4. The van der Waals surface area contributed by atoms with Gasteiger partial charge in [0.05, 0.1) is 6.26 Å². The molecule has 0 saturated heterocycles. The summed E-state index contributed by atoms with van der Waals surface area (Å²) in [5.41, 5.74) is 0. The Labute approximate surface area is 223 Å². The van der Waals surface area contributed by atoms with Gasteiger partial charge < -0.3 is 5.11 Å². The van der Waals surface area contributed by atoms with Crippen molar-refractivity contribution in [2.45, 2.75) is 206 Å². The summed E-state index contributed by atoms with van der Waals surface area (Å²) in [7, 11) is 0. The van der Waals surface area contributed by atoms with Crippen molar-refractivity contribution in [3.05, 3.63) is 12.3 Å². The van der Waals surface area contributed by atoms with Gasteiger partial charge in [-0.05, 0) is 12.8 Å². The summed E-state index contributed by atoms with van der Waals surface area (Å²) in [6.07, 6.45) is 47.6. The van der Waals surface area contributed by atoms with Gasteiger partial charge in [0, 0.05) is 0 Å². The second-order valence-corrected chi connectivity index (χ2v) is 11.4. The quantitative estimate of drug-likeness (QED) is 0.0753. The molecule has 0 amide bonds. The molecule has 0 aromatic carbocycles. The molecular formula is C34H68O. The standard InChI is InChI=1S/C34H68O/c1-2-3-4-5-6-7-8-9-10-11-12-13-14-15-16-17-18-19-20-21-22-23-24-25-26-27-28-29-30-31-32-33-34-35/h33-35H,2-32H2,1H3. The van der Waals surface area contributed by atoms with Crippen molar-refractivity contribution >= 4 is 0 Å². The Balaban J connectivity index is 3.01. The lowest BCUT2D eigenvalue weighted by Gasteiger charge is -2.04. The molecule has 0 heterocycles. The van der Waals surface area contributed by atoms with Crippen molar-refractivity contribution in [3.63, 3.8) is 0 Å². The molecule has 0 bridgehead atoms. The first kappa shape index (κ1) is 34.5. The van der Waals surface area contributed by atoms with Crippen molar-refractivity contribution in [3.8, 4) is 0 Å². The van der Waals surface area contributed by atoms with E-state index in [1.54, 1.807) is 0 Å². The average molecular weight is 493 g/mol. The molecule has 0 aliphatic carbocycles. The highest BCUT2D eigenvalue weighted by Gasteiger charge is 1.96.